The lowest BCUT2D eigenvalue weighted by atomic mass is 10.5. The van der Waals surface area contributed by atoms with Gasteiger partial charge in [0.25, 0.3) is 0 Å². The first-order valence-electron chi connectivity index (χ1n) is 2.93. The van der Waals surface area contributed by atoms with Gasteiger partial charge in [0.15, 0.2) is 5.06 Å². The fraction of sp³-hybridized carbons (Fsp3) is 0.250. The number of ether oxygens (including phenoxy) is 1. The molecule has 0 aromatic carbocycles. The van der Waals surface area contributed by atoms with E-state index in [1.165, 1.54) is 0 Å². The second kappa shape index (κ2) is 3.28. The Balaban J connectivity index is 2.84. The summed E-state index contributed by atoms with van der Waals surface area (Å²) in [4.78, 5) is 1.05. The predicted octanol–water partition coefficient (Wildman–Crippen LogP) is 2.13. The van der Waals surface area contributed by atoms with Crippen molar-refractivity contribution in [2.45, 2.75) is 6.92 Å². The standard InChI is InChI=1S/C8H8OS/c1-3-4-7-5-6-8(9-2)10-7/h5-6H,1-2H3. The van der Waals surface area contributed by atoms with Gasteiger partial charge in [0.1, 0.15) is 0 Å². The van der Waals surface area contributed by atoms with Crippen molar-refractivity contribution < 1.29 is 4.74 Å². The van der Waals surface area contributed by atoms with E-state index in [4.69, 9.17) is 4.74 Å². The van der Waals surface area contributed by atoms with Gasteiger partial charge in [0.05, 0.1) is 12.0 Å². The van der Waals surface area contributed by atoms with E-state index in [-0.39, 0.29) is 0 Å². The highest BCUT2D eigenvalue weighted by atomic mass is 32.1. The highest BCUT2D eigenvalue weighted by Gasteiger charge is 1.93. The van der Waals surface area contributed by atoms with E-state index in [1.54, 1.807) is 18.4 Å². The quantitative estimate of drug-likeness (QED) is 0.560. The van der Waals surface area contributed by atoms with Gasteiger partial charge >= 0.3 is 0 Å². The lowest BCUT2D eigenvalue weighted by molar-refractivity contribution is 0.427. The zero-order valence-corrected chi connectivity index (χ0v) is 6.79. The van der Waals surface area contributed by atoms with Gasteiger partial charge in [-0.15, -0.1) is 5.92 Å². The fourth-order valence-corrected chi connectivity index (χ4v) is 1.35. The molecule has 1 rings (SSSR count). The van der Waals surface area contributed by atoms with Crippen molar-refractivity contribution in [1.29, 1.82) is 0 Å². The van der Waals surface area contributed by atoms with Gasteiger partial charge in [0, 0.05) is 0 Å². The Kier molecular flexibility index (Phi) is 2.35. The van der Waals surface area contributed by atoms with E-state index in [2.05, 4.69) is 11.8 Å². The van der Waals surface area contributed by atoms with Gasteiger partial charge < -0.3 is 4.74 Å². The maximum Gasteiger partial charge on any atom is 0.174 e. The zero-order chi connectivity index (χ0) is 7.40. The van der Waals surface area contributed by atoms with Gasteiger partial charge in [-0.1, -0.05) is 17.3 Å². The molecule has 1 aromatic rings. The maximum atomic E-state index is 4.99. The highest BCUT2D eigenvalue weighted by molar-refractivity contribution is 7.14. The number of thiophene rings is 1. The molecule has 0 aliphatic heterocycles. The molecule has 0 spiro atoms. The molecule has 0 atom stereocenters. The lowest BCUT2D eigenvalue weighted by Crippen LogP contribution is -1.73. The van der Waals surface area contributed by atoms with Crippen LogP contribution < -0.4 is 4.74 Å². The Bertz CT molecular complexity index is 264. The van der Waals surface area contributed by atoms with Crippen LogP contribution in [0.2, 0.25) is 0 Å². The smallest absolute Gasteiger partial charge is 0.174 e. The minimum atomic E-state index is 0.915. The molecule has 0 saturated carbocycles. The topological polar surface area (TPSA) is 9.23 Å². The van der Waals surface area contributed by atoms with Crippen molar-refractivity contribution in [3.63, 3.8) is 0 Å². The molecule has 0 saturated heterocycles. The molecule has 52 valence electrons. The van der Waals surface area contributed by atoms with E-state index in [9.17, 15) is 0 Å². The summed E-state index contributed by atoms with van der Waals surface area (Å²) >= 11 is 1.56. The average Bonchev–Trinajstić information content (AvgIpc) is 2.37. The molecule has 0 N–H and O–H groups in total. The lowest BCUT2D eigenvalue weighted by Gasteiger charge is -1.87. The molecule has 0 bridgehead atoms. The maximum absolute atomic E-state index is 4.99. The van der Waals surface area contributed by atoms with Crippen LogP contribution in [0.3, 0.4) is 0 Å². The van der Waals surface area contributed by atoms with Crippen LogP contribution in [0, 0.1) is 11.8 Å². The van der Waals surface area contributed by atoms with Gasteiger partial charge in [-0.3, -0.25) is 0 Å². The van der Waals surface area contributed by atoms with Crippen molar-refractivity contribution in [3.05, 3.63) is 17.0 Å². The summed E-state index contributed by atoms with van der Waals surface area (Å²) in [5.74, 6) is 5.78. The van der Waals surface area contributed by atoms with E-state index in [0.29, 0.717) is 0 Å². The Morgan fingerprint density at radius 3 is 2.80 bits per heavy atom. The van der Waals surface area contributed by atoms with Crippen LogP contribution in [0.15, 0.2) is 12.1 Å². The monoisotopic (exact) mass is 152 g/mol. The van der Waals surface area contributed by atoms with Crippen molar-refractivity contribution in [1.82, 2.24) is 0 Å². The largest absolute Gasteiger partial charge is 0.487 e. The van der Waals surface area contributed by atoms with Crippen LogP contribution in [0.4, 0.5) is 0 Å². The number of methoxy groups -OCH3 is 1. The van der Waals surface area contributed by atoms with Crippen molar-refractivity contribution in [2.75, 3.05) is 7.11 Å². The second-order valence-electron chi connectivity index (χ2n) is 1.70. The highest BCUT2D eigenvalue weighted by Crippen LogP contribution is 2.22. The molecular weight excluding hydrogens is 144 g/mol. The van der Waals surface area contributed by atoms with Gasteiger partial charge in [0.2, 0.25) is 0 Å². The first-order valence-corrected chi connectivity index (χ1v) is 3.75. The molecule has 1 heterocycles. The minimum Gasteiger partial charge on any atom is -0.487 e. The third-order valence-corrected chi connectivity index (χ3v) is 1.99. The summed E-state index contributed by atoms with van der Waals surface area (Å²) < 4.78 is 4.99. The fourth-order valence-electron chi connectivity index (χ4n) is 0.620. The summed E-state index contributed by atoms with van der Waals surface area (Å²) in [5.41, 5.74) is 0. The molecule has 1 aromatic heterocycles. The summed E-state index contributed by atoms with van der Waals surface area (Å²) in [5, 5.41) is 0.915. The Hall–Kier alpha value is -0.940. The number of hydrogen-bond acceptors (Lipinski definition) is 2. The van der Waals surface area contributed by atoms with Crippen LogP contribution in [-0.2, 0) is 0 Å². The van der Waals surface area contributed by atoms with E-state index >= 15 is 0 Å². The van der Waals surface area contributed by atoms with E-state index in [0.717, 1.165) is 9.94 Å². The minimum absolute atomic E-state index is 0.915. The molecule has 10 heavy (non-hydrogen) atoms. The summed E-state index contributed by atoms with van der Waals surface area (Å²) in [6.07, 6.45) is 0. The van der Waals surface area contributed by atoms with Gasteiger partial charge in [-0.25, -0.2) is 0 Å². The molecule has 0 radical (unpaired) electrons. The van der Waals surface area contributed by atoms with Crippen LogP contribution in [0.5, 0.6) is 5.06 Å². The number of rotatable bonds is 1. The summed E-state index contributed by atoms with van der Waals surface area (Å²) in [6.45, 7) is 1.83. The Morgan fingerprint density at radius 1 is 1.50 bits per heavy atom. The molecule has 0 unspecified atom stereocenters. The van der Waals surface area contributed by atoms with Crippen molar-refractivity contribution in [2.24, 2.45) is 0 Å². The van der Waals surface area contributed by atoms with E-state index in [1.807, 2.05) is 19.1 Å². The van der Waals surface area contributed by atoms with Crippen LogP contribution in [-0.4, -0.2) is 7.11 Å². The number of hydrogen-bond donors (Lipinski definition) is 0. The SMILES string of the molecule is CC#Cc1ccc(OC)s1. The summed E-state index contributed by atoms with van der Waals surface area (Å²) in [6, 6.07) is 3.88. The third-order valence-electron chi connectivity index (χ3n) is 1.03. The summed E-state index contributed by atoms with van der Waals surface area (Å²) in [7, 11) is 1.66. The predicted molar refractivity (Wildman–Crippen MR) is 43.4 cm³/mol. The van der Waals surface area contributed by atoms with Crippen molar-refractivity contribution >= 4 is 11.3 Å². The molecule has 1 nitrogen and oxygen atoms in total. The Labute approximate surface area is 64.6 Å². The van der Waals surface area contributed by atoms with Crippen LogP contribution >= 0.6 is 11.3 Å². The van der Waals surface area contributed by atoms with Crippen LogP contribution in [0.1, 0.15) is 11.8 Å². The molecule has 2 heteroatoms. The molecule has 0 amide bonds. The van der Waals surface area contributed by atoms with Crippen LogP contribution in [0.25, 0.3) is 0 Å². The van der Waals surface area contributed by atoms with Gasteiger partial charge in [-0.2, -0.15) is 0 Å². The normalized spacial score (nSPS) is 8.20. The first-order chi connectivity index (χ1) is 4.86. The molecular formula is C8H8OS. The second-order valence-corrected chi connectivity index (χ2v) is 2.74. The first kappa shape index (κ1) is 7.17. The molecule has 0 aliphatic carbocycles. The average molecular weight is 152 g/mol. The molecule has 0 aliphatic rings. The van der Waals surface area contributed by atoms with Gasteiger partial charge in [-0.05, 0) is 19.1 Å². The molecule has 0 fully saturated rings. The van der Waals surface area contributed by atoms with Crippen molar-refractivity contribution in [3.8, 4) is 16.9 Å². The zero-order valence-electron chi connectivity index (χ0n) is 5.97. The van der Waals surface area contributed by atoms with E-state index < -0.39 is 0 Å². The Morgan fingerprint density at radius 2 is 2.30 bits per heavy atom. The third kappa shape index (κ3) is 1.52.